The Bertz CT molecular complexity index is 1090. The van der Waals surface area contributed by atoms with Gasteiger partial charge >= 0.3 is 0 Å². The number of carbonyl (C=O) groups is 1. The number of pyridine rings is 1. The molecule has 2 aliphatic rings. The standard InChI is InChI=1S/C24H26N4O3/c1-15-14-28(8-9-31-15)24(29)17-5-4-16(22(11-17)30-3)10-19-12-21(26-2)23-18(13-25)6-7-20(23)27-19/h4-6,11-12,15H,7-10,14H2,1-3H3,(H,26,27)/t15-/m0/s1. The van der Waals surface area contributed by atoms with Crippen molar-refractivity contribution in [1.82, 2.24) is 9.88 Å². The molecule has 1 saturated heterocycles. The minimum Gasteiger partial charge on any atom is -0.496 e. The summed E-state index contributed by atoms with van der Waals surface area (Å²) in [6.07, 6.45) is 3.18. The van der Waals surface area contributed by atoms with Gasteiger partial charge in [0.15, 0.2) is 0 Å². The minimum absolute atomic E-state index is 0.0109. The van der Waals surface area contributed by atoms with E-state index in [1.807, 2.05) is 43.1 Å². The van der Waals surface area contributed by atoms with Gasteiger partial charge in [0.1, 0.15) is 5.75 Å². The molecule has 1 amide bonds. The van der Waals surface area contributed by atoms with Crippen molar-refractivity contribution in [3.8, 4) is 11.8 Å². The number of fused-ring (bicyclic) bond motifs is 1. The fourth-order valence-electron chi connectivity index (χ4n) is 4.20. The molecule has 1 fully saturated rings. The number of allylic oxidation sites excluding steroid dienone is 2. The van der Waals surface area contributed by atoms with Gasteiger partial charge in [-0.25, -0.2) is 0 Å². The van der Waals surface area contributed by atoms with Crippen LogP contribution >= 0.6 is 0 Å². The first-order valence-electron chi connectivity index (χ1n) is 10.4. The zero-order chi connectivity index (χ0) is 22.0. The van der Waals surface area contributed by atoms with Gasteiger partial charge in [0.05, 0.1) is 37.2 Å². The lowest BCUT2D eigenvalue weighted by Crippen LogP contribution is -2.44. The summed E-state index contributed by atoms with van der Waals surface area (Å²) in [5.74, 6) is 0.652. The number of nitrogens with one attached hydrogen (secondary N) is 1. The molecule has 0 radical (unpaired) electrons. The third-order valence-electron chi connectivity index (χ3n) is 5.74. The molecule has 1 N–H and O–H groups in total. The van der Waals surface area contributed by atoms with Gasteiger partial charge in [-0.1, -0.05) is 12.1 Å². The summed E-state index contributed by atoms with van der Waals surface area (Å²) in [6, 6.07) is 9.81. The van der Waals surface area contributed by atoms with E-state index >= 15 is 0 Å². The number of nitrogens with zero attached hydrogens (tertiary/aromatic N) is 3. The second-order valence-electron chi connectivity index (χ2n) is 7.80. The molecule has 4 rings (SSSR count). The minimum atomic E-state index is -0.0109. The quantitative estimate of drug-likeness (QED) is 0.803. The van der Waals surface area contributed by atoms with Crippen molar-refractivity contribution in [2.45, 2.75) is 25.9 Å². The molecule has 7 nitrogen and oxygen atoms in total. The smallest absolute Gasteiger partial charge is 0.254 e. The van der Waals surface area contributed by atoms with Crippen LogP contribution in [0.25, 0.3) is 5.57 Å². The van der Waals surface area contributed by atoms with Crippen LogP contribution in [0, 0.1) is 11.3 Å². The van der Waals surface area contributed by atoms with Crippen molar-refractivity contribution in [2.24, 2.45) is 0 Å². The molecule has 1 aliphatic heterocycles. The largest absolute Gasteiger partial charge is 0.496 e. The summed E-state index contributed by atoms with van der Waals surface area (Å²) in [6.45, 7) is 3.72. The van der Waals surface area contributed by atoms with Crippen LogP contribution < -0.4 is 10.1 Å². The van der Waals surface area contributed by atoms with E-state index in [4.69, 9.17) is 14.5 Å². The predicted octanol–water partition coefficient (Wildman–Crippen LogP) is 3.05. The van der Waals surface area contributed by atoms with E-state index in [1.165, 1.54) is 0 Å². The van der Waals surface area contributed by atoms with Crippen LogP contribution in [0.5, 0.6) is 5.75 Å². The van der Waals surface area contributed by atoms with Gasteiger partial charge in [-0.3, -0.25) is 9.78 Å². The Morgan fingerprint density at radius 3 is 2.97 bits per heavy atom. The molecule has 0 bridgehead atoms. The van der Waals surface area contributed by atoms with Crippen molar-refractivity contribution in [3.63, 3.8) is 0 Å². The highest BCUT2D eigenvalue weighted by molar-refractivity contribution is 5.95. The molecule has 1 atom stereocenters. The number of ether oxygens (including phenoxy) is 2. The van der Waals surface area contributed by atoms with E-state index in [-0.39, 0.29) is 12.0 Å². The lowest BCUT2D eigenvalue weighted by molar-refractivity contribution is -0.0124. The molecular formula is C24H26N4O3. The topological polar surface area (TPSA) is 87.5 Å². The van der Waals surface area contributed by atoms with E-state index in [2.05, 4.69) is 11.4 Å². The average Bonchev–Trinajstić information content (AvgIpc) is 3.21. The number of hydrogen-bond acceptors (Lipinski definition) is 6. The number of carbonyl (C=O) groups excluding carboxylic acids is 1. The lowest BCUT2D eigenvalue weighted by atomic mass is 10.0. The summed E-state index contributed by atoms with van der Waals surface area (Å²) in [7, 11) is 3.46. The van der Waals surface area contributed by atoms with Gasteiger partial charge in [0, 0.05) is 61.1 Å². The van der Waals surface area contributed by atoms with Crippen molar-refractivity contribution < 1.29 is 14.3 Å². The molecule has 1 aromatic carbocycles. The fourth-order valence-corrected chi connectivity index (χ4v) is 4.20. The second-order valence-corrected chi connectivity index (χ2v) is 7.80. The molecule has 0 saturated carbocycles. The summed E-state index contributed by atoms with van der Waals surface area (Å²) >= 11 is 0. The Kier molecular flexibility index (Phi) is 5.92. The molecule has 2 aromatic rings. The van der Waals surface area contributed by atoms with E-state index in [0.29, 0.717) is 49.4 Å². The average molecular weight is 418 g/mol. The number of methoxy groups -OCH3 is 1. The number of morpholine rings is 1. The van der Waals surface area contributed by atoms with Crippen LogP contribution in [0.4, 0.5) is 5.69 Å². The fraction of sp³-hybridized carbons (Fsp3) is 0.375. The third-order valence-corrected chi connectivity index (χ3v) is 5.74. The Hall–Kier alpha value is -3.37. The van der Waals surface area contributed by atoms with Gasteiger partial charge in [-0.15, -0.1) is 0 Å². The number of benzene rings is 1. The van der Waals surface area contributed by atoms with Crippen LogP contribution in [-0.2, 0) is 17.6 Å². The predicted molar refractivity (Wildman–Crippen MR) is 118 cm³/mol. The van der Waals surface area contributed by atoms with Gasteiger partial charge in [-0.2, -0.15) is 5.26 Å². The van der Waals surface area contributed by atoms with E-state index < -0.39 is 0 Å². The molecular weight excluding hydrogens is 392 g/mol. The number of hydrogen-bond donors (Lipinski definition) is 1. The Morgan fingerprint density at radius 2 is 2.26 bits per heavy atom. The molecule has 160 valence electrons. The normalized spacial score (nSPS) is 17.5. The Labute approximate surface area is 182 Å². The van der Waals surface area contributed by atoms with Crippen molar-refractivity contribution in [1.29, 1.82) is 5.26 Å². The number of anilines is 1. The Balaban J connectivity index is 1.59. The summed E-state index contributed by atoms with van der Waals surface area (Å²) in [4.78, 5) is 19.5. The molecule has 0 unspecified atom stereocenters. The highest BCUT2D eigenvalue weighted by Crippen LogP contribution is 2.34. The van der Waals surface area contributed by atoms with E-state index in [9.17, 15) is 10.1 Å². The molecule has 0 spiro atoms. The van der Waals surface area contributed by atoms with Gasteiger partial charge in [0.2, 0.25) is 0 Å². The first-order valence-corrected chi connectivity index (χ1v) is 10.4. The maximum Gasteiger partial charge on any atom is 0.254 e. The SMILES string of the molecule is CNc1cc(Cc2ccc(C(=O)N3CCO[C@@H](C)C3)cc2OC)nc2c1C(C#N)=CC2. The third kappa shape index (κ3) is 4.12. The summed E-state index contributed by atoms with van der Waals surface area (Å²) < 4.78 is 11.1. The summed E-state index contributed by atoms with van der Waals surface area (Å²) in [5, 5.41) is 12.5. The van der Waals surface area contributed by atoms with Gasteiger partial charge in [-0.05, 0) is 25.1 Å². The van der Waals surface area contributed by atoms with Crippen LogP contribution in [-0.4, -0.2) is 55.7 Å². The number of rotatable bonds is 5. The van der Waals surface area contributed by atoms with Crippen LogP contribution in [0.15, 0.2) is 30.3 Å². The van der Waals surface area contributed by atoms with Crippen LogP contribution in [0.2, 0.25) is 0 Å². The van der Waals surface area contributed by atoms with Gasteiger partial charge in [0.25, 0.3) is 5.91 Å². The van der Waals surface area contributed by atoms with Crippen molar-refractivity contribution in [3.05, 3.63) is 58.4 Å². The zero-order valence-corrected chi connectivity index (χ0v) is 18.1. The molecule has 1 aliphatic carbocycles. The first-order chi connectivity index (χ1) is 15.0. The van der Waals surface area contributed by atoms with Crippen LogP contribution in [0.1, 0.15) is 39.8 Å². The number of amides is 1. The maximum absolute atomic E-state index is 12.9. The highest BCUT2D eigenvalue weighted by Gasteiger charge is 2.24. The molecule has 2 heterocycles. The van der Waals surface area contributed by atoms with Crippen molar-refractivity contribution >= 4 is 17.2 Å². The zero-order valence-electron chi connectivity index (χ0n) is 18.1. The van der Waals surface area contributed by atoms with Crippen LogP contribution in [0.3, 0.4) is 0 Å². The number of aromatic nitrogens is 1. The number of nitriles is 1. The lowest BCUT2D eigenvalue weighted by Gasteiger charge is -2.31. The Morgan fingerprint density at radius 1 is 1.42 bits per heavy atom. The van der Waals surface area contributed by atoms with Gasteiger partial charge < -0.3 is 19.7 Å². The monoisotopic (exact) mass is 418 g/mol. The van der Waals surface area contributed by atoms with E-state index in [1.54, 1.807) is 13.2 Å². The second kappa shape index (κ2) is 8.78. The molecule has 7 heteroatoms. The molecule has 1 aromatic heterocycles. The highest BCUT2D eigenvalue weighted by atomic mass is 16.5. The van der Waals surface area contributed by atoms with Crippen molar-refractivity contribution in [2.75, 3.05) is 39.2 Å². The van der Waals surface area contributed by atoms with E-state index in [0.717, 1.165) is 28.2 Å². The summed E-state index contributed by atoms with van der Waals surface area (Å²) in [5.41, 5.74) is 5.81. The maximum atomic E-state index is 12.9. The molecule has 31 heavy (non-hydrogen) atoms. The first kappa shape index (κ1) is 20.9.